The molecule has 2 saturated heterocycles. The standard InChI is InChI=1S/C15H23N3O/c1-13(19)18-11-15(12-18)17-9-7-16(8-10-17)14-5-3-2-4-6-14/h3,5-6,15H,2,4,7-12H2,1H3. The molecule has 0 N–H and O–H groups in total. The number of piperazine rings is 1. The molecule has 0 radical (unpaired) electrons. The summed E-state index contributed by atoms with van der Waals surface area (Å²) in [6.45, 7) is 8.01. The first kappa shape index (κ1) is 12.7. The minimum Gasteiger partial charge on any atom is -0.369 e. The van der Waals surface area contributed by atoms with Gasteiger partial charge in [-0.05, 0) is 18.9 Å². The van der Waals surface area contributed by atoms with E-state index in [1.54, 1.807) is 6.92 Å². The number of allylic oxidation sites excluding steroid dienone is 3. The van der Waals surface area contributed by atoms with Crippen LogP contribution in [0.4, 0.5) is 0 Å². The Morgan fingerprint density at radius 2 is 1.89 bits per heavy atom. The third kappa shape index (κ3) is 2.68. The van der Waals surface area contributed by atoms with Crippen LogP contribution in [0.5, 0.6) is 0 Å². The summed E-state index contributed by atoms with van der Waals surface area (Å²) in [5.74, 6) is 0.215. The van der Waals surface area contributed by atoms with Crippen LogP contribution in [0.1, 0.15) is 19.8 Å². The van der Waals surface area contributed by atoms with Crippen LogP contribution in [-0.4, -0.2) is 65.9 Å². The van der Waals surface area contributed by atoms with Crippen LogP contribution in [-0.2, 0) is 4.79 Å². The zero-order chi connectivity index (χ0) is 13.2. The Morgan fingerprint density at radius 1 is 1.16 bits per heavy atom. The number of amides is 1. The molecule has 0 atom stereocenters. The highest BCUT2D eigenvalue weighted by Crippen LogP contribution is 2.20. The van der Waals surface area contributed by atoms with Crippen LogP contribution in [0.3, 0.4) is 0 Å². The van der Waals surface area contributed by atoms with Crippen molar-refractivity contribution in [1.29, 1.82) is 0 Å². The lowest BCUT2D eigenvalue weighted by Gasteiger charge is -2.48. The van der Waals surface area contributed by atoms with Crippen LogP contribution in [0.15, 0.2) is 23.9 Å². The molecule has 0 aromatic heterocycles. The van der Waals surface area contributed by atoms with Gasteiger partial charge in [0.05, 0.1) is 0 Å². The van der Waals surface area contributed by atoms with E-state index in [0.29, 0.717) is 6.04 Å². The van der Waals surface area contributed by atoms with E-state index in [1.807, 2.05) is 4.90 Å². The molecule has 3 aliphatic rings. The maximum atomic E-state index is 11.2. The Kier molecular flexibility index (Phi) is 3.60. The summed E-state index contributed by atoms with van der Waals surface area (Å²) in [7, 11) is 0. The number of rotatable bonds is 2. The molecular formula is C15H23N3O. The lowest BCUT2D eigenvalue weighted by Crippen LogP contribution is -2.63. The molecule has 1 amide bonds. The third-order valence-corrected chi connectivity index (χ3v) is 4.48. The summed E-state index contributed by atoms with van der Waals surface area (Å²) in [6, 6.07) is 0.599. The summed E-state index contributed by atoms with van der Waals surface area (Å²) in [5.41, 5.74) is 1.41. The maximum absolute atomic E-state index is 11.2. The molecule has 4 nitrogen and oxygen atoms in total. The SMILES string of the molecule is CC(=O)N1CC(N2CCN(C3=CCCC=C3)CC2)C1. The van der Waals surface area contributed by atoms with E-state index in [0.717, 1.165) is 39.3 Å². The van der Waals surface area contributed by atoms with E-state index in [9.17, 15) is 4.79 Å². The van der Waals surface area contributed by atoms with Crippen LogP contribution < -0.4 is 0 Å². The number of likely N-dealkylation sites (tertiary alicyclic amines) is 1. The van der Waals surface area contributed by atoms with Gasteiger partial charge in [-0.15, -0.1) is 0 Å². The lowest BCUT2D eigenvalue weighted by atomic mass is 10.1. The van der Waals surface area contributed by atoms with Crippen molar-refractivity contribution in [3.05, 3.63) is 23.9 Å². The van der Waals surface area contributed by atoms with Gasteiger partial charge in [-0.2, -0.15) is 0 Å². The summed E-state index contributed by atoms with van der Waals surface area (Å²) >= 11 is 0. The first-order chi connectivity index (χ1) is 9.24. The average molecular weight is 261 g/mol. The lowest BCUT2D eigenvalue weighted by molar-refractivity contribution is -0.136. The van der Waals surface area contributed by atoms with Gasteiger partial charge in [0.2, 0.25) is 5.91 Å². The molecule has 0 aromatic rings. The quantitative estimate of drug-likeness (QED) is 0.744. The molecule has 2 aliphatic heterocycles. The number of carbonyl (C=O) groups excluding carboxylic acids is 1. The molecule has 0 unspecified atom stereocenters. The Labute approximate surface area is 115 Å². The molecule has 0 saturated carbocycles. The summed E-state index contributed by atoms with van der Waals surface area (Å²) in [6.07, 6.45) is 9.27. The second-order valence-electron chi connectivity index (χ2n) is 5.71. The maximum Gasteiger partial charge on any atom is 0.219 e. The highest BCUT2D eigenvalue weighted by atomic mass is 16.2. The average Bonchev–Trinajstić information content (AvgIpc) is 2.38. The Bertz CT molecular complexity index is 402. The Hall–Kier alpha value is -1.29. The predicted molar refractivity (Wildman–Crippen MR) is 75.6 cm³/mol. The number of carbonyl (C=O) groups is 1. The molecule has 2 fully saturated rings. The van der Waals surface area contributed by atoms with Crippen LogP contribution in [0, 0.1) is 0 Å². The van der Waals surface area contributed by atoms with Gasteiger partial charge in [-0.25, -0.2) is 0 Å². The summed E-state index contributed by atoms with van der Waals surface area (Å²) in [5, 5.41) is 0. The monoisotopic (exact) mass is 261 g/mol. The second kappa shape index (κ2) is 5.37. The van der Waals surface area contributed by atoms with Crippen molar-refractivity contribution in [3.8, 4) is 0 Å². The molecule has 0 spiro atoms. The molecule has 3 rings (SSSR count). The number of nitrogens with zero attached hydrogens (tertiary/aromatic N) is 3. The first-order valence-corrected chi connectivity index (χ1v) is 7.35. The van der Waals surface area contributed by atoms with Gasteiger partial charge in [-0.3, -0.25) is 9.69 Å². The highest BCUT2D eigenvalue weighted by Gasteiger charge is 2.34. The van der Waals surface area contributed by atoms with E-state index in [4.69, 9.17) is 0 Å². The largest absolute Gasteiger partial charge is 0.369 e. The van der Waals surface area contributed by atoms with Gasteiger partial charge in [0.15, 0.2) is 0 Å². The van der Waals surface area contributed by atoms with E-state index < -0.39 is 0 Å². The van der Waals surface area contributed by atoms with Gasteiger partial charge in [0.1, 0.15) is 0 Å². The van der Waals surface area contributed by atoms with Crippen molar-refractivity contribution in [1.82, 2.24) is 14.7 Å². The minimum atomic E-state index is 0.215. The van der Waals surface area contributed by atoms with Crippen LogP contribution >= 0.6 is 0 Å². The topological polar surface area (TPSA) is 26.8 Å². The smallest absolute Gasteiger partial charge is 0.219 e. The molecule has 4 heteroatoms. The summed E-state index contributed by atoms with van der Waals surface area (Å²) in [4.78, 5) is 18.2. The van der Waals surface area contributed by atoms with Crippen molar-refractivity contribution >= 4 is 5.91 Å². The molecule has 2 heterocycles. The van der Waals surface area contributed by atoms with Crippen LogP contribution in [0.25, 0.3) is 0 Å². The molecule has 0 aromatic carbocycles. The van der Waals surface area contributed by atoms with Crippen molar-refractivity contribution < 1.29 is 4.79 Å². The molecule has 104 valence electrons. The summed E-state index contributed by atoms with van der Waals surface area (Å²) < 4.78 is 0. The third-order valence-electron chi connectivity index (χ3n) is 4.48. The van der Waals surface area contributed by atoms with Gasteiger partial charge < -0.3 is 9.80 Å². The van der Waals surface area contributed by atoms with Gasteiger partial charge in [0, 0.05) is 57.9 Å². The molecule has 1 aliphatic carbocycles. The zero-order valence-corrected chi connectivity index (χ0v) is 11.7. The van der Waals surface area contributed by atoms with E-state index in [-0.39, 0.29) is 5.91 Å². The van der Waals surface area contributed by atoms with E-state index in [1.165, 1.54) is 18.5 Å². The van der Waals surface area contributed by atoms with Gasteiger partial charge in [-0.1, -0.05) is 12.2 Å². The van der Waals surface area contributed by atoms with Crippen molar-refractivity contribution in [2.45, 2.75) is 25.8 Å². The fourth-order valence-corrected chi connectivity index (χ4v) is 3.12. The first-order valence-electron chi connectivity index (χ1n) is 7.35. The van der Waals surface area contributed by atoms with E-state index in [2.05, 4.69) is 28.0 Å². The minimum absolute atomic E-state index is 0.215. The number of hydrogen-bond acceptors (Lipinski definition) is 3. The van der Waals surface area contributed by atoms with Gasteiger partial charge in [0.25, 0.3) is 0 Å². The molecule has 0 bridgehead atoms. The van der Waals surface area contributed by atoms with Crippen molar-refractivity contribution in [2.24, 2.45) is 0 Å². The number of hydrogen-bond donors (Lipinski definition) is 0. The molecular weight excluding hydrogens is 238 g/mol. The fourth-order valence-electron chi connectivity index (χ4n) is 3.12. The second-order valence-corrected chi connectivity index (χ2v) is 5.71. The highest BCUT2D eigenvalue weighted by molar-refractivity contribution is 5.74. The predicted octanol–water partition coefficient (Wildman–Crippen LogP) is 1.07. The van der Waals surface area contributed by atoms with Gasteiger partial charge >= 0.3 is 0 Å². The Balaban J connectivity index is 1.47. The molecule has 19 heavy (non-hydrogen) atoms. The van der Waals surface area contributed by atoms with Crippen LogP contribution in [0.2, 0.25) is 0 Å². The zero-order valence-electron chi connectivity index (χ0n) is 11.7. The fraction of sp³-hybridized carbons (Fsp3) is 0.667. The van der Waals surface area contributed by atoms with Crippen molar-refractivity contribution in [2.75, 3.05) is 39.3 Å². The Morgan fingerprint density at radius 3 is 2.47 bits per heavy atom. The van der Waals surface area contributed by atoms with Crippen molar-refractivity contribution in [3.63, 3.8) is 0 Å². The van der Waals surface area contributed by atoms with E-state index >= 15 is 0 Å². The normalized spacial score (nSPS) is 25.2.